The summed E-state index contributed by atoms with van der Waals surface area (Å²) in [5.41, 5.74) is 6.20. The molecule has 2 aromatic rings. The van der Waals surface area contributed by atoms with Gasteiger partial charge in [0.05, 0.1) is 15.4 Å². The Bertz CT molecular complexity index is 696. The molecule has 3 rings (SSSR count). The van der Waals surface area contributed by atoms with E-state index in [1.54, 1.807) is 18.4 Å². The molecule has 1 aromatic carbocycles. The van der Waals surface area contributed by atoms with Crippen LogP contribution >= 0.6 is 11.8 Å². The van der Waals surface area contributed by atoms with E-state index in [2.05, 4.69) is 10.1 Å². The van der Waals surface area contributed by atoms with E-state index < -0.39 is 10.5 Å². The van der Waals surface area contributed by atoms with Crippen LogP contribution in [0.25, 0.3) is 11.5 Å². The third kappa shape index (κ3) is 2.40. The molecule has 7 nitrogen and oxygen atoms in total. The minimum atomic E-state index is -0.507. The summed E-state index contributed by atoms with van der Waals surface area (Å²) < 4.78 is 5.21. The molecule has 0 atom stereocenters. The zero-order valence-electron chi connectivity index (χ0n) is 11.4. The van der Waals surface area contributed by atoms with Crippen molar-refractivity contribution in [3.05, 3.63) is 34.1 Å². The third-order valence-corrected chi connectivity index (χ3v) is 4.52. The predicted molar refractivity (Wildman–Crippen MR) is 77.9 cm³/mol. The average molecular weight is 306 g/mol. The van der Waals surface area contributed by atoms with Crippen molar-refractivity contribution in [3.8, 4) is 11.5 Å². The summed E-state index contributed by atoms with van der Waals surface area (Å²) in [6, 6.07) is 4.87. The highest BCUT2D eigenvalue weighted by Gasteiger charge is 2.39. The lowest BCUT2D eigenvalue weighted by molar-refractivity contribution is -0.387. The molecule has 0 unspecified atom stereocenters. The topological polar surface area (TPSA) is 108 Å². The molecule has 0 aliphatic heterocycles. The molecule has 21 heavy (non-hydrogen) atoms. The Morgan fingerprint density at radius 3 is 2.81 bits per heavy atom. The highest BCUT2D eigenvalue weighted by molar-refractivity contribution is 7.98. The largest absolute Gasteiger partial charge is 0.334 e. The molecule has 8 heteroatoms. The molecular weight excluding hydrogens is 292 g/mol. The first-order valence-corrected chi connectivity index (χ1v) is 7.72. The first-order chi connectivity index (χ1) is 10.0. The standard InChI is InChI=1S/C13H14N4O3S/c1-21-10-4-3-8(7-9(10)17(18)19)11-15-12(16-20-11)13(14)5-2-6-13/h3-4,7H,2,5-6,14H2,1H3. The second-order valence-electron chi connectivity index (χ2n) is 5.08. The van der Waals surface area contributed by atoms with Crippen molar-refractivity contribution >= 4 is 17.4 Å². The maximum absolute atomic E-state index is 11.1. The zero-order chi connectivity index (χ0) is 15.0. The van der Waals surface area contributed by atoms with Gasteiger partial charge in [-0.3, -0.25) is 10.1 Å². The summed E-state index contributed by atoms with van der Waals surface area (Å²) in [6.07, 6.45) is 4.50. The van der Waals surface area contributed by atoms with E-state index in [0.717, 1.165) is 19.3 Å². The Kier molecular flexibility index (Phi) is 3.42. The molecular formula is C13H14N4O3S. The fourth-order valence-corrected chi connectivity index (χ4v) is 2.84. The minimum Gasteiger partial charge on any atom is -0.334 e. The number of nitrogens with zero attached hydrogens (tertiary/aromatic N) is 3. The summed E-state index contributed by atoms with van der Waals surface area (Å²) in [7, 11) is 0. The predicted octanol–water partition coefficient (Wildman–Crippen LogP) is 2.70. The summed E-state index contributed by atoms with van der Waals surface area (Å²) in [5.74, 6) is 0.734. The van der Waals surface area contributed by atoms with Crippen LogP contribution in [0.3, 0.4) is 0 Å². The van der Waals surface area contributed by atoms with Crippen LogP contribution in [0.2, 0.25) is 0 Å². The van der Waals surface area contributed by atoms with E-state index in [1.165, 1.54) is 17.8 Å². The SMILES string of the molecule is CSc1ccc(-c2nc(C3(N)CCC3)no2)cc1[N+](=O)[O-]. The van der Waals surface area contributed by atoms with Gasteiger partial charge in [0.25, 0.3) is 11.6 Å². The summed E-state index contributed by atoms with van der Waals surface area (Å²) in [6.45, 7) is 0. The number of hydrogen-bond acceptors (Lipinski definition) is 7. The maximum atomic E-state index is 11.1. The van der Waals surface area contributed by atoms with Gasteiger partial charge in [-0.15, -0.1) is 11.8 Å². The van der Waals surface area contributed by atoms with Crippen molar-refractivity contribution in [1.29, 1.82) is 0 Å². The van der Waals surface area contributed by atoms with Gasteiger partial charge in [-0.25, -0.2) is 0 Å². The van der Waals surface area contributed by atoms with E-state index in [4.69, 9.17) is 10.3 Å². The normalized spacial score (nSPS) is 16.5. The van der Waals surface area contributed by atoms with Crippen molar-refractivity contribution in [2.24, 2.45) is 5.73 Å². The Morgan fingerprint density at radius 2 is 2.24 bits per heavy atom. The lowest BCUT2D eigenvalue weighted by Gasteiger charge is -2.34. The molecule has 1 aromatic heterocycles. The van der Waals surface area contributed by atoms with E-state index in [0.29, 0.717) is 16.3 Å². The van der Waals surface area contributed by atoms with E-state index in [-0.39, 0.29) is 11.6 Å². The van der Waals surface area contributed by atoms with Gasteiger partial charge >= 0.3 is 0 Å². The fourth-order valence-electron chi connectivity index (χ4n) is 2.29. The Balaban J connectivity index is 1.97. The van der Waals surface area contributed by atoms with Crippen LogP contribution in [0, 0.1) is 10.1 Å². The molecule has 2 N–H and O–H groups in total. The monoisotopic (exact) mass is 306 g/mol. The van der Waals surface area contributed by atoms with Crippen LogP contribution in [0.4, 0.5) is 5.69 Å². The molecule has 0 spiro atoms. The smallest absolute Gasteiger partial charge is 0.283 e. The minimum absolute atomic E-state index is 0.0332. The van der Waals surface area contributed by atoms with Gasteiger partial charge in [-0.05, 0) is 37.7 Å². The van der Waals surface area contributed by atoms with E-state index in [1.807, 2.05) is 0 Å². The third-order valence-electron chi connectivity index (χ3n) is 3.74. The number of nitrogens with two attached hydrogens (primary N) is 1. The number of nitro groups is 1. The van der Waals surface area contributed by atoms with Crippen molar-refractivity contribution < 1.29 is 9.45 Å². The van der Waals surface area contributed by atoms with E-state index >= 15 is 0 Å². The molecule has 1 aliphatic rings. The molecule has 0 amide bonds. The number of nitro benzene ring substituents is 1. The number of aromatic nitrogens is 2. The summed E-state index contributed by atoms with van der Waals surface area (Å²) in [5, 5.41) is 15.0. The lowest BCUT2D eigenvalue weighted by atomic mass is 9.77. The molecule has 0 saturated heterocycles. The quantitative estimate of drug-likeness (QED) is 0.525. The fraction of sp³-hybridized carbons (Fsp3) is 0.385. The van der Waals surface area contributed by atoms with Crippen molar-refractivity contribution in [1.82, 2.24) is 10.1 Å². The molecule has 0 bridgehead atoms. The first-order valence-electron chi connectivity index (χ1n) is 6.49. The number of hydrogen-bond donors (Lipinski definition) is 1. The molecule has 1 fully saturated rings. The van der Waals surface area contributed by atoms with Crippen LogP contribution in [0.15, 0.2) is 27.6 Å². The second kappa shape index (κ2) is 5.12. The maximum Gasteiger partial charge on any atom is 0.283 e. The van der Waals surface area contributed by atoms with Gasteiger partial charge in [0.2, 0.25) is 0 Å². The second-order valence-corrected chi connectivity index (χ2v) is 5.92. The number of thioether (sulfide) groups is 1. The Hall–Kier alpha value is -1.93. The Morgan fingerprint density at radius 1 is 1.48 bits per heavy atom. The van der Waals surface area contributed by atoms with Crippen LogP contribution in [-0.4, -0.2) is 21.3 Å². The summed E-state index contributed by atoms with van der Waals surface area (Å²) in [4.78, 5) is 15.6. The molecule has 1 saturated carbocycles. The van der Waals surface area contributed by atoms with Crippen LogP contribution in [0.5, 0.6) is 0 Å². The summed E-state index contributed by atoms with van der Waals surface area (Å²) >= 11 is 1.32. The van der Waals surface area contributed by atoms with Crippen molar-refractivity contribution in [2.45, 2.75) is 29.7 Å². The number of rotatable bonds is 4. The first kappa shape index (κ1) is 14.0. The van der Waals surface area contributed by atoms with Crippen LogP contribution < -0.4 is 5.73 Å². The van der Waals surface area contributed by atoms with Crippen LogP contribution in [-0.2, 0) is 5.54 Å². The lowest BCUT2D eigenvalue weighted by Crippen LogP contribution is -2.44. The van der Waals surface area contributed by atoms with Crippen molar-refractivity contribution in [2.75, 3.05) is 6.26 Å². The molecule has 1 heterocycles. The highest BCUT2D eigenvalue weighted by atomic mass is 32.2. The van der Waals surface area contributed by atoms with Gasteiger partial charge in [-0.2, -0.15) is 4.98 Å². The van der Waals surface area contributed by atoms with Gasteiger partial charge in [0.15, 0.2) is 5.82 Å². The molecule has 110 valence electrons. The van der Waals surface area contributed by atoms with Gasteiger partial charge in [0.1, 0.15) is 0 Å². The number of benzene rings is 1. The average Bonchev–Trinajstić information content (AvgIpc) is 2.94. The van der Waals surface area contributed by atoms with Crippen molar-refractivity contribution in [3.63, 3.8) is 0 Å². The van der Waals surface area contributed by atoms with E-state index in [9.17, 15) is 10.1 Å². The Labute approximate surface area is 125 Å². The molecule has 1 aliphatic carbocycles. The van der Waals surface area contributed by atoms with Crippen LogP contribution in [0.1, 0.15) is 25.1 Å². The zero-order valence-corrected chi connectivity index (χ0v) is 12.2. The van der Waals surface area contributed by atoms with Gasteiger partial charge in [-0.1, -0.05) is 5.16 Å². The highest BCUT2D eigenvalue weighted by Crippen LogP contribution is 2.38. The molecule has 0 radical (unpaired) electrons. The van der Waals surface area contributed by atoms with Gasteiger partial charge < -0.3 is 10.3 Å². The van der Waals surface area contributed by atoms with Gasteiger partial charge in [0, 0.05) is 11.6 Å².